The van der Waals surface area contributed by atoms with Crippen LogP contribution in [0.3, 0.4) is 0 Å². The number of allylic oxidation sites excluding steroid dienone is 8. The van der Waals surface area contributed by atoms with Gasteiger partial charge in [0.15, 0.2) is 0 Å². The number of quaternary nitrogens is 1. The molecule has 2 atom stereocenters. The fraction of sp³-hybridized carbons (Fsp3) is 0.850. The predicted molar refractivity (Wildman–Crippen MR) is 298 cm³/mol. The number of carbonyl (C=O) groups excluding carboxylic acids is 1. The largest absolute Gasteiger partial charge is 0.472 e. The summed E-state index contributed by atoms with van der Waals surface area (Å²) in [7, 11) is 1.67. The fourth-order valence-electron chi connectivity index (χ4n) is 8.32. The van der Waals surface area contributed by atoms with Gasteiger partial charge < -0.3 is 18.9 Å². The van der Waals surface area contributed by atoms with Crippen LogP contribution in [0.5, 0.6) is 0 Å². The molecule has 0 radical (unpaired) electrons. The number of unbranched alkanes of at least 4 members (excludes halogenated alkanes) is 33. The summed E-state index contributed by atoms with van der Waals surface area (Å²) in [6.07, 6.45) is 67.4. The molecular formula is C60H115NO7P+. The molecule has 0 fully saturated rings. The van der Waals surface area contributed by atoms with Crippen LogP contribution in [0, 0.1) is 0 Å². The average molecular weight is 994 g/mol. The summed E-state index contributed by atoms with van der Waals surface area (Å²) < 4.78 is 35.3. The Morgan fingerprint density at radius 1 is 0.449 bits per heavy atom. The monoisotopic (exact) mass is 993 g/mol. The highest BCUT2D eigenvalue weighted by Gasteiger charge is 2.26. The van der Waals surface area contributed by atoms with E-state index in [1.165, 1.54) is 205 Å². The van der Waals surface area contributed by atoms with Crippen molar-refractivity contribution < 1.29 is 37.3 Å². The number of phosphoric ester groups is 1. The number of nitrogens with zero attached hydrogens (tertiary/aromatic N) is 1. The van der Waals surface area contributed by atoms with Gasteiger partial charge in [-0.25, -0.2) is 4.57 Å². The molecule has 406 valence electrons. The van der Waals surface area contributed by atoms with Crippen molar-refractivity contribution in [1.82, 2.24) is 0 Å². The zero-order valence-corrected chi connectivity index (χ0v) is 47.2. The molecule has 8 nitrogen and oxygen atoms in total. The molecule has 0 saturated heterocycles. The van der Waals surface area contributed by atoms with E-state index in [2.05, 4.69) is 62.5 Å². The van der Waals surface area contributed by atoms with E-state index in [1.807, 2.05) is 21.1 Å². The first kappa shape index (κ1) is 67.5. The van der Waals surface area contributed by atoms with Crippen molar-refractivity contribution in [2.45, 2.75) is 277 Å². The molecule has 0 aromatic carbocycles. The second-order valence-corrected chi connectivity index (χ2v) is 22.5. The SMILES string of the molecule is CCCCCCC/C=C\C/C=C\CCCCCCCCCCCCCCOCC(COP(=O)(O)OCC[N+](C)(C)C)OC(=O)CCCCCCCCCCCCC/C=C\C/C=C\CCCCCCC. The summed E-state index contributed by atoms with van der Waals surface area (Å²) >= 11 is 0. The Morgan fingerprint density at radius 2 is 0.797 bits per heavy atom. The average Bonchev–Trinajstić information content (AvgIpc) is 3.31. The minimum atomic E-state index is -4.29. The minimum absolute atomic E-state index is 0.0878. The first-order valence-electron chi connectivity index (χ1n) is 29.4. The van der Waals surface area contributed by atoms with Gasteiger partial charge in [0.25, 0.3) is 0 Å². The van der Waals surface area contributed by atoms with E-state index < -0.39 is 13.9 Å². The van der Waals surface area contributed by atoms with Gasteiger partial charge in [-0.2, -0.15) is 0 Å². The van der Waals surface area contributed by atoms with Crippen LogP contribution in [-0.4, -0.2) is 75.6 Å². The maximum Gasteiger partial charge on any atom is 0.472 e. The quantitative estimate of drug-likeness (QED) is 0.0213. The number of phosphoric acid groups is 1. The number of hydrogen-bond donors (Lipinski definition) is 1. The predicted octanol–water partition coefficient (Wildman–Crippen LogP) is 18.6. The molecule has 0 aromatic rings. The van der Waals surface area contributed by atoms with Crippen LogP contribution < -0.4 is 0 Å². The van der Waals surface area contributed by atoms with Crippen molar-refractivity contribution in [3.63, 3.8) is 0 Å². The van der Waals surface area contributed by atoms with Gasteiger partial charge in [-0.15, -0.1) is 0 Å². The van der Waals surface area contributed by atoms with Gasteiger partial charge in [-0.3, -0.25) is 13.8 Å². The van der Waals surface area contributed by atoms with E-state index in [1.54, 1.807) is 0 Å². The van der Waals surface area contributed by atoms with Gasteiger partial charge in [-0.1, -0.05) is 236 Å². The van der Waals surface area contributed by atoms with Crippen LogP contribution in [0.4, 0.5) is 0 Å². The van der Waals surface area contributed by atoms with Crippen molar-refractivity contribution in [1.29, 1.82) is 0 Å². The number of carbonyl (C=O) groups is 1. The normalized spacial score (nSPS) is 13.8. The van der Waals surface area contributed by atoms with Crippen molar-refractivity contribution >= 4 is 13.8 Å². The summed E-state index contributed by atoms with van der Waals surface area (Å²) in [5.41, 5.74) is 0. The third-order valence-corrected chi connectivity index (χ3v) is 13.8. The summed E-state index contributed by atoms with van der Waals surface area (Å²) in [6.45, 7) is 5.64. The number of likely N-dealkylation sites (N-methyl/N-ethyl adjacent to an activating group) is 1. The molecule has 0 amide bonds. The maximum absolute atomic E-state index is 12.8. The molecule has 1 N–H and O–H groups in total. The second-order valence-electron chi connectivity index (χ2n) is 21.0. The van der Waals surface area contributed by atoms with Gasteiger partial charge in [0.2, 0.25) is 0 Å². The Morgan fingerprint density at radius 3 is 1.17 bits per heavy atom. The van der Waals surface area contributed by atoms with Crippen LogP contribution in [0.1, 0.15) is 271 Å². The Balaban J connectivity index is 4.06. The fourth-order valence-corrected chi connectivity index (χ4v) is 9.06. The van der Waals surface area contributed by atoms with E-state index in [0.717, 1.165) is 44.9 Å². The lowest BCUT2D eigenvalue weighted by molar-refractivity contribution is -0.870. The molecule has 0 aromatic heterocycles. The van der Waals surface area contributed by atoms with Gasteiger partial charge in [-0.05, 0) is 77.0 Å². The lowest BCUT2D eigenvalue weighted by Crippen LogP contribution is -2.37. The molecular weight excluding hydrogens is 878 g/mol. The maximum atomic E-state index is 12.8. The van der Waals surface area contributed by atoms with Gasteiger partial charge >= 0.3 is 13.8 Å². The lowest BCUT2D eigenvalue weighted by Gasteiger charge is -2.24. The Hall–Kier alpha value is -1.54. The van der Waals surface area contributed by atoms with E-state index in [-0.39, 0.29) is 25.8 Å². The van der Waals surface area contributed by atoms with E-state index in [9.17, 15) is 14.3 Å². The van der Waals surface area contributed by atoms with Gasteiger partial charge in [0.1, 0.15) is 19.3 Å². The molecule has 69 heavy (non-hydrogen) atoms. The van der Waals surface area contributed by atoms with Crippen molar-refractivity contribution in [3.8, 4) is 0 Å². The first-order valence-corrected chi connectivity index (χ1v) is 30.9. The summed E-state index contributed by atoms with van der Waals surface area (Å²) in [5, 5.41) is 0. The lowest BCUT2D eigenvalue weighted by atomic mass is 10.0. The summed E-state index contributed by atoms with van der Waals surface area (Å²) in [6, 6.07) is 0. The van der Waals surface area contributed by atoms with Crippen LogP contribution in [-0.2, 0) is 27.9 Å². The van der Waals surface area contributed by atoms with Gasteiger partial charge in [0, 0.05) is 13.0 Å². The third-order valence-electron chi connectivity index (χ3n) is 12.9. The standard InChI is InChI=1S/C60H114NO7P/c1-6-8-10-12-14-16-18-20-22-24-26-28-30-32-34-36-38-40-42-44-46-48-50-52-55-65-57-59(58-67-69(63,64)66-56-54-61(3,4)5)68-60(62)53-51-49-47-45-43-41-39-37-35-33-31-29-27-25-23-21-19-17-15-13-11-9-7-2/h18-21,24-27,59H,6-17,22-23,28-58H2,1-5H3/p+1/b20-18-,21-19-,26-24-,27-25-. The molecule has 0 rings (SSSR count). The molecule has 9 heteroatoms. The molecule has 0 spiro atoms. The smallest absolute Gasteiger partial charge is 0.457 e. The molecule has 0 bridgehead atoms. The van der Waals surface area contributed by atoms with Crippen LogP contribution in [0.15, 0.2) is 48.6 Å². The molecule has 0 aliphatic heterocycles. The highest BCUT2D eigenvalue weighted by Crippen LogP contribution is 2.43. The highest BCUT2D eigenvalue weighted by atomic mass is 31.2. The Kier molecular flexibility index (Phi) is 51.6. The van der Waals surface area contributed by atoms with Crippen molar-refractivity contribution in [3.05, 3.63) is 48.6 Å². The first-order chi connectivity index (χ1) is 33.6. The van der Waals surface area contributed by atoms with Crippen LogP contribution >= 0.6 is 7.82 Å². The number of ether oxygens (including phenoxy) is 2. The number of esters is 1. The topological polar surface area (TPSA) is 91.3 Å². The molecule has 0 aliphatic rings. The molecule has 0 saturated carbocycles. The van der Waals surface area contributed by atoms with Crippen molar-refractivity contribution in [2.24, 2.45) is 0 Å². The van der Waals surface area contributed by atoms with E-state index in [0.29, 0.717) is 24.1 Å². The third kappa shape index (κ3) is 57.2. The molecule has 0 heterocycles. The zero-order valence-electron chi connectivity index (χ0n) is 46.3. The Labute approximate surface area is 428 Å². The van der Waals surface area contributed by atoms with E-state index in [4.69, 9.17) is 18.5 Å². The highest BCUT2D eigenvalue weighted by molar-refractivity contribution is 7.47. The van der Waals surface area contributed by atoms with Crippen LogP contribution in [0.25, 0.3) is 0 Å². The Bertz CT molecular complexity index is 1240. The molecule has 0 aliphatic carbocycles. The number of hydrogen-bond acceptors (Lipinski definition) is 6. The van der Waals surface area contributed by atoms with Crippen LogP contribution in [0.2, 0.25) is 0 Å². The summed E-state index contributed by atoms with van der Waals surface area (Å²) in [4.78, 5) is 23.1. The van der Waals surface area contributed by atoms with E-state index >= 15 is 0 Å². The minimum Gasteiger partial charge on any atom is -0.457 e. The number of rotatable bonds is 55. The summed E-state index contributed by atoms with van der Waals surface area (Å²) in [5.74, 6) is -0.313. The van der Waals surface area contributed by atoms with Crippen molar-refractivity contribution in [2.75, 3.05) is 54.1 Å². The van der Waals surface area contributed by atoms with Gasteiger partial charge in [0.05, 0.1) is 34.4 Å². The second kappa shape index (κ2) is 52.8. The zero-order chi connectivity index (χ0) is 50.5. The molecule has 2 unspecified atom stereocenters.